The number of aliphatic carboxylic acids is 1. The Kier molecular flexibility index (Phi) is 6.74. The minimum absolute atomic E-state index is 0.422. The molecule has 0 fully saturated rings. The van der Waals surface area contributed by atoms with Crippen molar-refractivity contribution in [2.24, 2.45) is 5.41 Å². The average molecular weight is 226 g/mol. The molecule has 0 aliphatic rings. The number of aliphatic hydroxyl groups excluding tert-OH is 1. The highest BCUT2D eigenvalue weighted by Crippen LogP contribution is 2.29. The van der Waals surface area contributed by atoms with Crippen LogP contribution in [0.4, 0.5) is 0 Å². The van der Waals surface area contributed by atoms with Crippen LogP contribution >= 0.6 is 0 Å². The van der Waals surface area contributed by atoms with Crippen molar-refractivity contribution in [3.8, 4) is 0 Å². The Balaban J connectivity index is 4.83. The first-order chi connectivity index (χ1) is 7.52. The minimum atomic E-state index is -0.973. The molecule has 0 rings (SSSR count). The summed E-state index contributed by atoms with van der Waals surface area (Å²) in [5.74, 6) is -0.869. The van der Waals surface area contributed by atoms with Crippen LogP contribution in [0, 0.1) is 5.41 Å². The molecule has 16 heavy (non-hydrogen) atoms. The van der Waals surface area contributed by atoms with E-state index in [1.807, 2.05) is 6.92 Å². The number of carboxylic acid groups (broad SMARTS) is 1. The highest BCUT2D eigenvalue weighted by Gasteiger charge is 2.32. The first kappa shape index (κ1) is 14.9. The van der Waals surface area contributed by atoms with Gasteiger partial charge >= 0.3 is 5.97 Å². The molecule has 0 saturated heterocycles. The van der Waals surface area contributed by atoms with E-state index in [1.54, 1.807) is 38.2 Å². The van der Waals surface area contributed by atoms with Gasteiger partial charge in [-0.05, 0) is 33.1 Å². The number of hydrogen-bond donors (Lipinski definition) is 2. The molecule has 0 aliphatic carbocycles. The fraction of sp³-hybridized carbons (Fsp3) is 0.615. The highest BCUT2D eigenvalue weighted by molar-refractivity contribution is 5.79. The molecule has 0 aromatic rings. The molecule has 1 unspecified atom stereocenters. The fourth-order valence-electron chi connectivity index (χ4n) is 1.68. The Morgan fingerprint density at radius 1 is 1.31 bits per heavy atom. The molecular weight excluding hydrogens is 204 g/mol. The van der Waals surface area contributed by atoms with Gasteiger partial charge in [0.1, 0.15) is 5.41 Å². The molecule has 3 heteroatoms. The summed E-state index contributed by atoms with van der Waals surface area (Å²) in [6.45, 7) is 5.49. The number of carboxylic acids is 1. The molecule has 0 saturated carbocycles. The van der Waals surface area contributed by atoms with Crippen molar-refractivity contribution in [3.05, 3.63) is 24.3 Å². The lowest BCUT2D eigenvalue weighted by atomic mass is 9.81. The zero-order chi connectivity index (χ0) is 12.6. The second kappa shape index (κ2) is 7.23. The van der Waals surface area contributed by atoms with Gasteiger partial charge in [0.15, 0.2) is 0 Å². The van der Waals surface area contributed by atoms with Crippen LogP contribution < -0.4 is 0 Å². The van der Waals surface area contributed by atoms with Gasteiger partial charge in [0.05, 0.1) is 6.10 Å². The number of carbonyl (C=O) groups is 1. The molecule has 3 nitrogen and oxygen atoms in total. The topological polar surface area (TPSA) is 57.5 Å². The Morgan fingerprint density at radius 3 is 2.12 bits per heavy atom. The van der Waals surface area contributed by atoms with Gasteiger partial charge < -0.3 is 10.2 Å². The van der Waals surface area contributed by atoms with Crippen LogP contribution in [0.25, 0.3) is 0 Å². The number of aliphatic hydroxyl groups is 1. The zero-order valence-corrected chi connectivity index (χ0v) is 10.3. The molecular formula is C13H22O3. The zero-order valence-electron chi connectivity index (χ0n) is 10.3. The van der Waals surface area contributed by atoms with Crippen molar-refractivity contribution in [3.63, 3.8) is 0 Å². The summed E-state index contributed by atoms with van der Waals surface area (Å²) >= 11 is 0. The van der Waals surface area contributed by atoms with Gasteiger partial charge in [0.2, 0.25) is 0 Å². The van der Waals surface area contributed by atoms with Gasteiger partial charge in [0, 0.05) is 0 Å². The Morgan fingerprint density at radius 2 is 1.81 bits per heavy atom. The Bertz CT molecular complexity index is 254. The molecule has 1 atom stereocenters. The molecule has 92 valence electrons. The van der Waals surface area contributed by atoms with Gasteiger partial charge in [0.25, 0.3) is 0 Å². The van der Waals surface area contributed by atoms with E-state index < -0.39 is 17.5 Å². The van der Waals surface area contributed by atoms with Crippen LogP contribution in [-0.2, 0) is 4.79 Å². The average Bonchev–Trinajstić information content (AvgIpc) is 2.25. The van der Waals surface area contributed by atoms with Gasteiger partial charge in [-0.2, -0.15) is 0 Å². The standard InChI is InChI=1S/C13H22O3/c1-4-8-13(9-5-2,12(15)16)10-7-11(14)6-3/h4-5,8-9,11,14H,6-7,10H2,1-3H3,(H,15,16). The van der Waals surface area contributed by atoms with E-state index in [0.717, 1.165) is 0 Å². The van der Waals surface area contributed by atoms with Crippen molar-refractivity contribution in [1.82, 2.24) is 0 Å². The highest BCUT2D eigenvalue weighted by atomic mass is 16.4. The molecule has 0 aromatic carbocycles. The van der Waals surface area contributed by atoms with Crippen molar-refractivity contribution in [2.75, 3.05) is 0 Å². The summed E-state index contributed by atoms with van der Waals surface area (Å²) in [4.78, 5) is 11.3. The monoisotopic (exact) mass is 226 g/mol. The van der Waals surface area contributed by atoms with E-state index in [0.29, 0.717) is 19.3 Å². The maximum atomic E-state index is 11.3. The van der Waals surface area contributed by atoms with Gasteiger partial charge in [-0.15, -0.1) is 0 Å². The van der Waals surface area contributed by atoms with Crippen molar-refractivity contribution in [1.29, 1.82) is 0 Å². The van der Waals surface area contributed by atoms with E-state index in [2.05, 4.69) is 0 Å². The SMILES string of the molecule is CC=CC(C=CC)(CCC(O)CC)C(=O)O. The third-order valence-corrected chi connectivity index (χ3v) is 2.69. The molecule has 0 aromatic heterocycles. The van der Waals surface area contributed by atoms with E-state index in [9.17, 15) is 15.0 Å². The lowest BCUT2D eigenvalue weighted by Crippen LogP contribution is -2.28. The summed E-state index contributed by atoms with van der Waals surface area (Å²) < 4.78 is 0. The van der Waals surface area contributed by atoms with Crippen LogP contribution in [-0.4, -0.2) is 22.3 Å². The molecule has 0 aliphatic heterocycles. The summed E-state index contributed by atoms with van der Waals surface area (Å²) in [5, 5.41) is 18.8. The molecule has 2 N–H and O–H groups in total. The molecule has 0 amide bonds. The van der Waals surface area contributed by atoms with Crippen LogP contribution in [0.5, 0.6) is 0 Å². The van der Waals surface area contributed by atoms with E-state index in [-0.39, 0.29) is 0 Å². The van der Waals surface area contributed by atoms with Gasteiger partial charge in [-0.1, -0.05) is 31.2 Å². The van der Waals surface area contributed by atoms with Crippen molar-refractivity contribution in [2.45, 2.75) is 46.1 Å². The molecule has 0 bridgehead atoms. The van der Waals surface area contributed by atoms with E-state index in [1.165, 1.54) is 0 Å². The third kappa shape index (κ3) is 4.19. The third-order valence-electron chi connectivity index (χ3n) is 2.69. The summed E-state index contributed by atoms with van der Waals surface area (Å²) in [5.41, 5.74) is -0.973. The smallest absolute Gasteiger partial charge is 0.317 e. The summed E-state index contributed by atoms with van der Waals surface area (Å²) in [6, 6.07) is 0. The summed E-state index contributed by atoms with van der Waals surface area (Å²) in [7, 11) is 0. The van der Waals surface area contributed by atoms with Crippen LogP contribution in [0.15, 0.2) is 24.3 Å². The maximum absolute atomic E-state index is 11.3. The maximum Gasteiger partial charge on any atom is 0.317 e. The normalized spacial score (nSPS) is 17.8. The van der Waals surface area contributed by atoms with Crippen LogP contribution in [0.1, 0.15) is 40.0 Å². The lowest BCUT2D eigenvalue weighted by molar-refractivity contribution is -0.144. The number of allylic oxidation sites excluding steroid dienone is 2. The number of rotatable bonds is 7. The predicted molar refractivity (Wildman–Crippen MR) is 65.2 cm³/mol. The van der Waals surface area contributed by atoms with E-state index >= 15 is 0 Å². The molecule has 0 spiro atoms. The predicted octanol–water partition coefficient (Wildman–Crippen LogP) is 2.76. The van der Waals surface area contributed by atoms with Gasteiger partial charge in [-0.3, -0.25) is 4.79 Å². The Hall–Kier alpha value is -1.09. The largest absolute Gasteiger partial charge is 0.480 e. The van der Waals surface area contributed by atoms with Crippen LogP contribution in [0.3, 0.4) is 0 Å². The van der Waals surface area contributed by atoms with Crippen LogP contribution in [0.2, 0.25) is 0 Å². The Labute approximate surface area is 97.5 Å². The first-order valence-electron chi connectivity index (χ1n) is 5.71. The lowest BCUT2D eigenvalue weighted by Gasteiger charge is -2.23. The second-order valence-corrected chi connectivity index (χ2v) is 3.95. The van der Waals surface area contributed by atoms with Crippen molar-refractivity contribution >= 4 is 5.97 Å². The second-order valence-electron chi connectivity index (χ2n) is 3.95. The molecule has 0 radical (unpaired) electrons. The quantitative estimate of drug-likeness (QED) is 0.656. The summed E-state index contributed by atoms with van der Waals surface area (Å²) in [6.07, 6.45) is 7.99. The molecule has 0 heterocycles. The minimum Gasteiger partial charge on any atom is -0.480 e. The fourth-order valence-corrected chi connectivity index (χ4v) is 1.68. The van der Waals surface area contributed by atoms with Gasteiger partial charge in [-0.25, -0.2) is 0 Å². The van der Waals surface area contributed by atoms with Crippen molar-refractivity contribution < 1.29 is 15.0 Å². The van der Waals surface area contributed by atoms with E-state index in [4.69, 9.17) is 0 Å². The number of hydrogen-bond acceptors (Lipinski definition) is 2. The first-order valence-corrected chi connectivity index (χ1v) is 5.71.